The maximum Gasteiger partial charge on any atom is 0.264 e. The fourth-order valence-electron chi connectivity index (χ4n) is 3.74. The molecule has 1 saturated heterocycles. The first-order chi connectivity index (χ1) is 14.3. The second-order valence-electron chi connectivity index (χ2n) is 7.60. The van der Waals surface area contributed by atoms with Crippen molar-refractivity contribution < 1.29 is 13.9 Å². The minimum absolute atomic E-state index is 0.0117. The Morgan fingerprint density at radius 1 is 1.47 bits per heavy atom. The smallest absolute Gasteiger partial charge is 0.264 e. The normalized spacial score (nSPS) is 16.5. The Morgan fingerprint density at radius 2 is 2.23 bits per heavy atom. The lowest BCUT2D eigenvalue weighted by Crippen LogP contribution is -2.27. The van der Waals surface area contributed by atoms with Crippen molar-refractivity contribution in [2.75, 3.05) is 13.7 Å². The van der Waals surface area contributed by atoms with Crippen LogP contribution in [0.25, 0.3) is 6.08 Å². The standard InChI is InChI=1S/C23H25ClFN3O2/c1-15-10-17(16(2)28(15)13-19-6-5-9-30-19)11-18(12-26)23(29)27(3)14-20-21(24)7-4-8-22(20)25/h4,7-8,10-11,19H,5-6,9,13-14H2,1-3H3/b18-11+. The van der Waals surface area contributed by atoms with Gasteiger partial charge in [-0.1, -0.05) is 17.7 Å². The van der Waals surface area contributed by atoms with Gasteiger partial charge < -0.3 is 14.2 Å². The van der Waals surface area contributed by atoms with Gasteiger partial charge >= 0.3 is 0 Å². The molecule has 1 aromatic heterocycles. The van der Waals surface area contributed by atoms with Crippen LogP contribution in [0.3, 0.4) is 0 Å². The molecular weight excluding hydrogens is 405 g/mol. The Bertz CT molecular complexity index is 996. The number of likely N-dealkylation sites (N-methyl/N-ethyl adjacent to an activating group) is 1. The number of nitrogens with zero attached hydrogens (tertiary/aromatic N) is 3. The van der Waals surface area contributed by atoms with E-state index >= 15 is 0 Å². The quantitative estimate of drug-likeness (QED) is 0.496. The maximum atomic E-state index is 14.1. The summed E-state index contributed by atoms with van der Waals surface area (Å²) in [6.45, 7) is 5.49. The van der Waals surface area contributed by atoms with E-state index in [1.807, 2.05) is 26.0 Å². The molecule has 7 heteroatoms. The van der Waals surface area contributed by atoms with Crippen molar-refractivity contribution in [1.29, 1.82) is 5.26 Å². The van der Waals surface area contributed by atoms with Gasteiger partial charge in [-0.05, 0) is 56.5 Å². The first-order valence-electron chi connectivity index (χ1n) is 9.90. The first kappa shape index (κ1) is 22.1. The number of amides is 1. The first-order valence-corrected chi connectivity index (χ1v) is 10.3. The van der Waals surface area contributed by atoms with E-state index in [1.54, 1.807) is 12.1 Å². The summed E-state index contributed by atoms with van der Waals surface area (Å²) in [6, 6.07) is 8.32. The fraction of sp³-hybridized carbons (Fsp3) is 0.391. The number of hydrogen-bond donors (Lipinski definition) is 0. The number of nitriles is 1. The molecule has 1 aliphatic heterocycles. The number of hydrogen-bond acceptors (Lipinski definition) is 3. The van der Waals surface area contributed by atoms with E-state index in [0.717, 1.165) is 42.9 Å². The highest BCUT2D eigenvalue weighted by molar-refractivity contribution is 6.31. The van der Waals surface area contributed by atoms with Crippen LogP contribution in [-0.4, -0.2) is 35.1 Å². The fourth-order valence-corrected chi connectivity index (χ4v) is 3.96. The third-order valence-electron chi connectivity index (χ3n) is 5.48. The summed E-state index contributed by atoms with van der Waals surface area (Å²) >= 11 is 6.06. The van der Waals surface area contributed by atoms with E-state index in [2.05, 4.69) is 4.57 Å². The Morgan fingerprint density at radius 3 is 2.87 bits per heavy atom. The number of carbonyl (C=O) groups excluding carboxylic acids is 1. The van der Waals surface area contributed by atoms with E-state index in [9.17, 15) is 14.4 Å². The van der Waals surface area contributed by atoms with Gasteiger partial charge in [-0.25, -0.2) is 4.39 Å². The minimum Gasteiger partial charge on any atom is -0.376 e. The molecule has 0 spiro atoms. The van der Waals surface area contributed by atoms with Crippen LogP contribution in [0.1, 0.15) is 35.4 Å². The zero-order valence-corrected chi connectivity index (χ0v) is 18.2. The predicted molar refractivity (Wildman–Crippen MR) is 114 cm³/mol. The van der Waals surface area contributed by atoms with E-state index in [4.69, 9.17) is 16.3 Å². The van der Waals surface area contributed by atoms with Gasteiger partial charge in [0, 0.05) is 42.2 Å². The summed E-state index contributed by atoms with van der Waals surface area (Å²) in [5.74, 6) is -0.969. The number of benzene rings is 1. The van der Waals surface area contributed by atoms with Gasteiger partial charge in [-0.2, -0.15) is 5.26 Å². The van der Waals surface area contributed by atoms with Crippen LogP contribution in [0.15, 0.2) is 29.8 Å². The van der Waals surface area contributed by atoms with Crippen molar-refractivity contribution in [3.8, 4) is 6.07 Å². The third kappa shape index (κ3) is 4.75. The second kappa shape index (κ2) is 9.46. The summed E-state index contributed by atoms with van der Waals surface area (Å²) in [5, 5.41) is 9.83. The molecule has 158 valence electrons. The zero-order valence-electron chi connectivity index (χ0n) is 17.4. The summed E-state index contributed by atoms with van der Waals surface area (Å²) in [7, 11) is 1.52. The average molecular weight is 430 g/mol. The zero-order chi connectivity index (χ0) is 21.8. The summed E-state index contributed by atoms with van der Waals surface area (Å²) < 4.78 is 21.9. The molecule has 3 rings (SSSR count). The molecule has 30 heavy (non-hydrogen) atoms. The summed E-state index contributed by atoms with van der Waals surface area (Å²) in [4.78, 5) is 14.1. The van der Waals surface area contributed by atoms with Gasteiger partial charge in [0.05, 0.1) is 12.6 Å². The van der Waals surface area contributed by atoms with Crippen molar-refractivity contribution in [2.45, 2.75) is 45.9 Å². The third-order valence-corrected chi connectivity index (χ3v) is 5.83. The molecule has 2 aromatic rings. The maximum absolute atomic E-state index is 14.1. The SMILES string of the molecule is Cc1cc(/C=C(\C#N)C(=O)N(C)Cc2c(F)cccc2Cl)c(C)n1CC1CCCO1. The van der Waals surface area contributed by atoms with Gasteiger partial charge in [0.2, 0.25) is 0 Å². The molecule has 5 nitrogen and oxygen atoms in total. The molecule has 1 atom stereocenters. The van der Waals surface area contributed by atoms with Crippen LogP contribution in [0.2, 0.25) is 5.02 Å². The second-order valence-corrected chi connectivity index (χ2v) is 8.01. The Hall–Kier alpha value is -2.62. The molecule has 2 heterocycles. The van der Waals surface area contributed by atoms with Crippen LogP contribution >= 0.6 is 11.6 Å². The van der Waals surface area contributed by atoms with Crippen LogP contribution < -0.4 is 0 Å². The molecule has 0 radical (unpaired) electrons. The van der Waals surface area contributed by atoms with Crippen molar-refractivity contribution in [3.63, 3.8) is 0 Å². The number of aryl methyl sites for hydroxylation is 1. The van der Waals surface area contributed by atoms with Gasteiger partial charge in [-0.15, -0.1) is 0 Å². The molecule has 0 bridgehead atoms. The average Bonchev–Trinajstić information content (AvgIpc) is 3.32. The van der Waals surface area contributed by atoms with E-state index in [0.29, 0.717) is 0 Å². The van der Waals surface area contributed by atoms with E-state index in [-0.39, 0.29) is 28.8 Å². The van der Waals surface area contributed by atoms with Crippen LogP contribution in [0.4, 0.5) is 4.39 Å². The molecule has 1 fully saturated rings. The highest BCUT2D eigenvalue weighted by atomic mass is 35.5. The summed E-state index contributed by atoms with van der Waals surface area (Å²) in [5.41, 5.74) is 3.05. The van der Waals surface area contributed by atoms with Crippen molar-refractivity contribution in [2.24, 2.45) is 0 Å². The van der Waals surface area contributed by atoms with Gasteiger partial charge in [0.15, 0.2) is 0 Å². The molecule has 1 amide bonds. The number of rotatable bonds is 6. The summed E-state index contributed by atoms with van der Waals surface area (Å²) in [6.07, 6.45) is 3.90. The highest BCUT2D eigenvalue weighted by Crippen LogP contribution is 2.24. The van der Waals surface area contributed by atoms with Crippen LogP contribution in [0.5, 0.6) is 0 Å². The number of aromatic nitrogens is 1. The van der Waals surface area contributed by atoms with E-state index < -0.39 is 11.7 Å². The molecule has 0 saturated carbocycles. The number of carbonyl (C=O) groups is 1. The number of halogens is 2. The molecule has 1 aliphatic rings. The van der Waals surface area contributed by atoms with Gasteiger partial charge in [-0.3, -0.25) is 4.79 Å². The molecular formula is C23H25ClFN3O2. The molecule has 0 aliphatic carbocycles. The van der Waals surface area contributed by atoms with Gasteiger partial charge in [0.25, 0.3) is 5.91 Å². The molecule has 0 N–H and O–H groups in total. The van der Waals surface area contributed by atoms with Gasteiger partial charge in [0.1, 0.15) is 17.5 Å². The van der Waals surface area contributed by atoms with Crippen LogP contribution in [-0.2, 0) is 22.6 Å². The van der Waals surface area contributed by atoms with Crippen molar-refractivity contribution in [3.05, 3.63) is 63.2 Å². The van der Waals surface area contributed by atoms with Crippen molar-refractivity contribution >= 4 is 23.6 Å². The Labute approximate surface area is 181 Å². The van der Waals surface area contributed by atoms with Crippen LogP contribution in [0, 0.1) is 31.0 Å². The minimum atomic E-state index is -0.485. The predicted octanol–water partition coefficient (Wildman–Crippen LogP) is 4.64. The lowest BCUT2D eigenvalue weighted by molar-refractivity contribution is -0.125. The highest BCUT2D eigenvalue weighted by Gasteiger charge is 2.21. The monoisotopic (exact) mass is 429 g/mol. The molecule has 1 aromatic carbocycles. The van der Waals surface area contributed by atoms with Crippen molar-refractivity contribution in [1.82, 2.24) is 9.47 Å². The lowest BCUT2D eigenvalue weighted by Gasteiger charge is -2.18. The number of ether oxygens (including phenoxy) is 1. The molecule has 1 unspecified atom stereocenters. The Kier molecular flexibility index (Phi) is 6.96. The largest absolute Gasteiger partial charge is 0.376 e. The topological polar surface area (TPSA) is 58.3 Å². The lowest BCUT2D eigenvalue weighted by atomic mass is 10.1. The Balaban J connectivity index is 1.81. The van der Waals surface area contributed by atoms with E-state index in [1.165, 1.54) is 24.1 Å².